The number of hydrogen-bond donors (Lipinski definition) is 0. The van der Waals surface area contributed by atoms with E-state index in [0.717, 1.165) is 11.5 Å². The molecule has 0 aliphatic carbocycles. The van der Waals surface area contributed by atoms with E-state index in [4.69, 9.17) is 0 Å². The predicted molar refractivity (Wildman–Crippen MR) is 59.3 cm³/mol. The van der Waals surface area contributed by atoms with Gasteiger partial charge in [0, 0.05) is 22.3 Å². The van der Waals surface area contributed by atoms with Crippen LogP contribution in [0.3, 0.4) is 0 Å². The van der Waals surface area contributed by atoms with Crippen LogP contribution in [0.15, 0.2) is 30.3 Å². The Labute approximate surface area is 85.4 Å². The molecule has 1 heterocycles. The summed E-state index contributed by atoms with van der Waals surface area (Å²) in [5, 5.41) is 0. The average Bonchev–Trinajstić information content (AvgIpc) is 2.50. The molecule has 0 radical (unpaired) electrons. The van der Waals surface area contributed by atoms with Gasteiger partial charge in [-0.25, -0.2) is 0 Å². The molecule has 0 amide bonds. The highest BCUT2D eigenvalue weighted by Gasteiger charge is 2.38. The van der Waals surface area contributed by atoms with Crippen LogP contribution in [0, 0.1) is 0 Å². The van der Waals surface area contributed by atoms with Crippen molar-refractivity contribution in [3.63, 3.8) is 0 Å². The fraction of sp³-hybridized carbons (Fsp3) is 0.400. The van der Waals surface area contributed by atoms with Gasteiger partial charge in [0.05, 0.1) is 0 Å². The van der Waals surface area contributed by atoms with Crippen LogP contribution in [0.4, 0.5) is 0 Å². The zero-order valence-electron chi connectivity index (χ0n) is 7.53. The minimum Gasteiger partial charge on any atom is -0.258 e. The van der Waals surface area contributed by atoms with Crippen molar-refractivity contribution in [2.45, 2.75) is 11.0 Å². The molecule has 0 N–H and O–H groups in total. The first kappa shape index (κ1) is 9.28. The van der Waals surface area contributed by atoms with Gasteiger partial charge >= 0.3 is 0 Å². The van der Waals surface area contributed by atoms with Crippen molar-refractivity contribution in [2.24, 2.45) is 0 Å². The lowest BCUT2D eigenvalue weighted by Gasteiger charge is -2.21. The van der Waals surface area contributed by atoms with Gasteiger partial charge in [0.1, 0.15) is 4.08 Å². The third-order valence-corrected chi connectivity index (χ3v) is 6.42. The molecule has 1 aliphatic heterocycles. The normalized spacial score (nSPS) is 33.5. The molecule has 1 nitrogen and oxygen atoms in total. The lowest BCUT2D eigenvalue weighted by Crippen LogP contribution is -2.19. The first-order valence-corrected chi connectivity index (χ1v) is 6.62. The molecular weight excluding hydrogens is 200 g/mol. The molecule has 1 aromatic rings. The molecule has 1 aromatic carbocycles. The van der Waals surface area contributed by atoms with E-state index >= 15 is 0 Å². The summed E-state index contributed by atoms with van der Waals surface area (Å²) < 4.78 is 11.6. The second-order valence-electron chi connectivity index (χ2n) is 3.21. The van der Waals surface area contributed by atoms with Crippen molar-refractivity contribution in [1.29, 1.82) is 0 Å². The van der Waals surface area contributed by atoms with Crippen molar-refractivity contribution in [1.82, 2.24) is 0 Å². The first-order valence-electron chi connectivity index (χ1n) is 4.31. The Morgan fingerprint density at radius 2 is 2.08 bits per heavy atom. The van der Waals surface area contributed by atoms with Gasteiger partial charge in [0.25, 0.3) is 0 Å². The molecule has 0 saturated carbocycles. The number of thioether (sulfide) groups is 1. The third kappa shape index (κ3) is 1.55. The molecule has 0 bridgehead atoms. The van der Waals surface area contributed by atoms with Crippen molar-refractivity contribution < 1.29 is 4.21 Å². The van der Waals surface area contributed by atoms with Crippen molar-refractivity contribution >= 4 is 22.6 Å². The van der Waals surface area contributed by atoms with Gasteiger partial charge in [-0.15, -0.1) is 11.8 Å². The highest BCUT2D eigenvalue weighted by molar-refractivity contribution is 8.14. The number of hydrogen-bond acceptors (Lipinski definition) is 2. The maximum absolute atomic E-state index is 11.8. The summed E-state index contributed by atoms with van der Waals surface area (Å²) in [6.45, 7) is 2.08. The zero-order valence-corrected chi connectivity index (χ0v) is 9.16. The van der Waals surface area contributed by atoms with E-state index in [2.05, 4.69) is 19.1 Å². The van der Waals surface area contributed by atoms with Crippen LogP contribution in [-0.4, -0.2) is 15.7 Å². The lowest BCUT2D eigenvalue weighted by atomic mass is 10.2. The fourth-order valence-corrected chi connectivity index (χ4v) is 4.97. The number of benzene rings is 1. The molecule has 1 saturated heterocycles. The van der Waals surface area contributed by atoms with Crippen molar-refractivity contribution in [2.75, 3.05) is 11.5 Å². The SMILES string of the molecule is C[C@]1(c2ccccc2)SCC[S@]1=O. The minimum absolute atomic E-state index is 0.165. The van der Waals surface area contributed by atoms with Crippen molar-refractivity contribution in [3.8, 4) is 0 Å². The van der Waals surface area contributed by atoms with Crippen LogP contribution in [0.2, 0.25) is 0 Å². The summed E-state index contributed by atoms with van der Waals surface area (Å²) in [6, 6.07) is 10.1. The molecule has 2 atom stereocenters. The summed E-state index contributed by atoms with van der Waals surface area (Å²) >= 11 is 1.81. The van der Waals surface area contributed by atoms with Gasteiger partial charge in [-0.1, -0.05) is 30.3 Å². The maximum Gasteiger partial charge on any atom is 0.113 e. The summed E-state index contributed by atoms with van der Waals surface area (Å²) in [7, 11) is -0.714. The van der Waals surface area contributed by atoms with Crippen LogP contribution >= 0.6 is 11.8 Å². The van der Waals surface area contributed by atoms with E-state index < -0.39 is 10.8 Å². The highest BCUT2D eigenvalue weighted by atomic mass is 32.2. The van der Waals surface area contributed by atoms with Crippen LogP contribution in [0.1, 0.15) is 12.5 Å². The Kier molecular flexibility index (Phi) is 2.47. The van der Waals surface area contributed by atoms with E-state index in [1.807, 2.05) is 18.2 Å². The van der Waals surface area contributed by atoms with Gasteiger partial charge in [0.2, 0.25) is 0 Å². The predicted octanol–water partition coefficient (Wildman–Crippen LogP) is 2.35. The van der Waals surface area contributed by atoms with E-state index in [-0.39, 0.29) is 4.08 Å². The monoisotopic (exact) mass is 212 g/mol. The molecule has 1 fully saturated rings. The van der Waals surface area contributed by atoms with Crippen LogP contribution in [0.5, 0.6) is 0 Å². The summed E-state index contributed by atoms with van der Waals surface area (Å²) in [4.78, 5) is 0. The lowest BCUT2D eigenvalue weighted by molar-refractivity contribution is 0.675. The van der Waals surface area contributed by atoms with E-state index in [9.17, 15) is 4.21 Å². The Hall–Kier alpha value is -0.280. The summed E-state index contributed by atoms with van der Waals surface area (Å²) in [5.41, 5.74) is 1.19. The Morgan fingerprint density at radius 3 is 2.62 bits per heavy atom. The minimum atomic E-state index is -0.714. The van der Waals surface area contributed by atoms with Gasteiger partial charge in [-0.2, -0.15) is 0 Å². The number of rotatable bonds is 1. The molecule has 0 spiro atoms. The Bertz CT molecular complexity index is 323. The second-order valence-corrected chi connectivity index (χ2v) is 6.90. The second kappa shape index (κ2) is 3.46. The van der Waals surface area contributed by atoms with Gasteiger partial charge in [0.15, 0.2) is 0 Å². The molecular formula is C10H12OS2. The molecule has 0 aromatic heterocycles. The molecule has 13 heavy (non-hydrogen) atoms. The van der Waals surface area contributed by atoms with Crippen molar-refractivity contribution in [3.05, 3.63) is 35.9 Å². The topological polar surface area (TPSA) is 17.1 Å². The highest BCUT2D eigenvalue weighted by Crippen LogP contribution is 2.44. The smallest absolute Gasteiger partial charge is 0.113 e. The standard InChI is InChI=1S/C10H12OS2/c1-10(12-7-8-13(10)11)9-5-3-2-4-6-9/h2-6H,7-8H2,1H3/t10-,13+/m0/s1. The van der Waals surface area contributed by atoms with E-state index in [1.54, 1.807) is 11.8 Å². The zero-order chi connectivity index (χ0) is 9.31. The van der Waals surface area contributed by atoms with Gasteiger partial charge in [-0.3, -0.25) is 4.21 Å². The molecule has 70 valence electrons. The van der Waals surface area contributed by atoms with Gasteiger partial charge < -0.3 is 0 Å². The first-order chi connectivity index (χ1) is 6.23. The Morgan fingerprint density at radius 1 is 1.38 bits per heavy atom. The quantitative estimate of drug-likeness (QED) is 0.711. The largest absolute Gasteiger partial charge is 0.258 e. The van der Waals surface area contributed by atoms with Crippen LogP contribution in [0.25, 0.3) is 0 Å². The maximum atomic E-state index is 11.8. The summed E-state index contributed by atoms with van der Waals surface area (Å²) in [6.07, 6.45) is 0. The molecule has 3 heteroatoms. The van der Waals surface area contributed by atoms with E-state index in [1.165, 1.54) is 5.56 Å². The molecule has 1 aliphatic rings. The van der Waals surface area contributed by atoms with Crippen LogP contribution in [-0.2, 0) is 14.9 Å². The van der Waals surface area contributed by atoms with E-state index in [0.29, 0.717) is 0 Å². The Balaban J connectivity index is 2.40. The van der Waals surface area contributed by atoms with Crippen LogP contribution < -0.4 is 0 Å². The van der Waals surface area contributed by atoms with Gasteiger partial charge in [-0.05, 0) is 12.5 Å². The summed E-state index contributed by atoms with van der Waals surface area (Å²) in [5.74, 6) is 1.84. The molecule has 0 unspecified atom stereocenters. The molecule has 2 rings (SSSR count). The average molecular weight is 212 g/mol. The fourth-order valence-electron chi connectivity index (χ4n) is 1.53. The third-order valence-electron chi connectivity index (χ3n) is 2.38.